The SMILES string of the molecule is Cc1cc(CC(=O)C2(c3ccc4c(c3)OCC4)CC2)nc(-c2ccc(=O)[nH]c2)c1. The number of nitrogens with one attached hydrogen (secondary N) is 1. The summed E-state index contributed by atoms with van der Waals surface area (Å²) in [6.45, 7) is 2.72. The lowest BCUT2D eigenvalue weighted by Crippen LogP contribution is -2.23. The maximum atomic E-state index is 13.3. The van der Waals surface area contributed by atoms with Crippen molar-refractivity contribution in [2.45, 2.75) is 38.0 Å². The van der Waals surface area contributed by atoms with Gasteiger partial charge in [-0.05, 0) is 60.7 Å². The molecule has 29 heavy (non-hydrogen) atoms. The summed E-state index contributed by atoms with van der Waals surface area (Å²) < 4.78 is 5.70. The summed E-state index contributed by atoms with van der Waals surface area (Å²) in [5.74, 6) is 1.14. The summed E-state index contributed by atoms with van der Waals surface area (Å²) in [4.78, 5) is 32.0. The number of carbonyl (C=O) groups excluding carboxylic acids is 1. The molecule has 1 N–H and O–H groups in total. The van der Waals surface area contributed by atoms with Gasteiger partial charge in [0.1, 0.15) is 11.5 Å². The molecule has 146 valence electrons. The van der Waals surface area contributed by atoms with Gasteiger partial charge in [-0.3, -0.25) is 14.6 Å². The predicted octanol–water partition coefficient (Wildman–Crippen LogP) is 3.52. The number of ether oxygens (including phenoxy) is 1. The lowest BCUT2D eigenvalue weighted by molar-refractivity contribution is -0.120. The zero-order chi connectivity index (χ0) is 20.0. The van der Waals surface area contributed by atoms with Gasteiger partial charge in [0.2, 0.25) is 5.56 Å². The predicted molar refractivity (Wildman–Crippen MR) is 110 cm³/mol. The molecule has 5 heteroatoms. The third-order valence-corrected chi connectivity index (χ3v) is 5.98. The van der Waals surface area contributed by atoms with Gasteiger partial charge < -0.3 is 9.72 Å². The lowest BCUT2D eigenvalue weighted by atomic mass is 9.88. The third kappa shape index (κ3) is 3.27. The fourth-order valence-corrected chi connectivity index (χ4v) is 4.20. The molecule has 0 saturated heterocycles. The Bertz CT molecular complexity index is 1150. The number of benzene rings is 1. The zero-order valence-corrected chi connectivity index (χ0v) is 16.3. The number of aryl methyl sites for hydroxylation is 1. The van der Waals surface area contributed by atoms with Crippen molar-refractivity contribution in [1.82, 2.24) is 9.97 Å². The van der Waals surface area contributed by atoms with Crippen LogP contribution in [0.15, 0.2) is 53.5 Å². The minimum absolute atomic E-state index is 0.147. The van der Waals surface area contributed by atoms with Gasteiger partial charge in [-0.2, -0.15) is 0 Å². The van der Waals surface area contributed by atoms with Crippen LogP contribution in [0, 0.1) is 6.92 Å². The van der Waals surface area contributed by atoms with E-state index in [4.69, 9.17) is 9.72 Å². The number of aromatic nitrogens is 2. The standard InChI is InChI=1S/C24H22N2O3/c1-15-10-19(26-20(11-15)17-3-5-23(28)25-14-17)13-22(27)24(7-8-24)18-4-2-16-6-9-29-21(16)12-18/h2-5,10-12,14H,6-9,13H2,1H3,(H,25,28). The number of rotatable bonds is 5. The Labute approximate surface area is 168 Å². The Balaban J connectivity index is 1.42. The number of fused-ring (bicyclic) bond motifs is 1. The fourth-order valence-electron chi connectivity index (χ4n) is 4.20. The number of hydrogen-bond donors (Lipinski definition) is 1. The molecule has 0 bridgehead atoms. The number of carbonyl (C=O) groups is 1. The summed E-state index contributed by atoms with van der Waals surface area (Å²) >= 11 is 0. The molecule has 5 rings (SSSR count). The van der Waals surface area contributed by atoms with E-state index >= 15 is 0 Å². The smallest absolute Gasteiger partial charge is 0.247 e. The normalized spacial score (nSPS) is 16.2. The second-order valence-corrected chi connectivity index (χ2v) is 8.07. The number of aromatic amines is 1. The molecular weight excluding hydrogens is 364 g/mol. The van der Waals surface area contributed by atoms with Crippen LogP contribution in [0.3, 0.4) is 0 Å². The van der Waals surface area contributed by atoms with Crippen molar-refractivity contribution in [2.75, 3.05) is 6.61 Å². The maximum Gasteiger partial charge on any atom is 0.247 e. The molecule has 3 heterocycles. The van der Waals surface area contributed by atoms with Crippen LogP contribution < -0.4 is 10.3 Å². The number of Topliss-reactive ketones (excluding diaryl/α,β-unsaturated/α-hetero) is 1. The van der Waals surface area contributed by atoms with E-state index in [1.807, 2.05) is 19.1 Å². The highest BCUT2D eigenvalue weighted by Crippen LogP contribution is 2.50. The zero-order valence-electron chi connectivity index (χ0n) is 16.3. The van der Waals surface area contributed by atoms with Crippen molar-refractivity contribution in [3.05, 3.63) is 81.4 Å². The van der Waals surface area contributed by atoms with Crippen LogP contribution in [0.4, 0.5) is 0 Å². The van der Waals surface area contributed by atoms with E-state index in [1.54, 1.807) is 12.3 Å². The van der Waals surface area contributed by atoms with Gasteiger partial charge in [0.05, 0.1) is 17.7 Å². The van der Waals surface area contributed by atoms with Crippen molar-refractivity contribution in [3.8, 4) is 17.0 Å². The maximum absolute atomic E-state index is 13.3. The molecular formula is C24H22N2O3. The first kappa shape index (κ1) is 17.9. The first-order chi connectivity index (χ1) is 14.0. The lowest BCUT2D eigenvalue weighted by Gasteiger charge is -2.16. The van der Waals surface area contributed by atoms with E-state index in [0.717, 1.165) is 59.7 Å². The molecule has 2 aromatic heterocycles. The molecule has 0 atom stereocenters. The molecule has 0 radical (unpaired) electrons. The largest absolute Gasteiger partial charge is 0.493 e. The molecule has 5 nitrogen and oxygen atoms in total. The summed E-state index contributed by atoms with van der Waals surface area (Å²) in [6.07, 6.45) is 4.66. The molecule has 1 fully saturated rings. The monoisotopic (exact) mass is 386 g/mol. The summed E-state index contributed by atoms with van der Waals surface area (Å²) in [7, 11) is 0. The van der Waals surface area contributed by atoms with Crippen molar-refractivity contribution in [2.24, 2.45) is 0 Å². The summed E-state index contributed by atoms with van der Waals surface area (Å²) in [6, 6.07) is 13.4. The number of hydrogen-bond acceptors (Lipinski definition) is 4. The molecule has 1 aliphatic heterocycles. The van der Waals surface area contributed by atoms with E-state index < -0.39 is 5.41 Å². The van der Waals surface area contributed by atoms with E-state index in [9.17, 15) is 9.59 Å². The highest BCUT2D eigenvalue weighted by atomic mass is 16.5. The highest BCUT2D eigenvalue weighted by molar-refractivity contribution is 5.94. The van der Waals surface area contributed by atoms with Crippen molar-refractivity contribution in [1.29, 1.82) is 0 Å². The van der Waals surface area contributed by atoms with Gasteiger partial charge in [-0.15, -0.1) is 0 Å². The Morgan fingerprint density at radius 1 is 1.17 bits per heavy atom. The Morgan fingerprint density at radius 2 is 2.03 bits per heavy atom. The van der Waals surface area contributed by atoms with E-state index in [2.05, 4.69) is 23.2 Å². The van der Waals surface area contributed by atoms with Crippen LogP contribution in [0.1, 0.15) is 35.2 Å². The molecule has 3 aromatic rings. The van der Waals surface area contributed by atoms with Crippen molar-refractivity contribution in [3.63, 3.8) is 0 Å². The molecule has 1 aromatic carbocycles. The average molecular weight is 386 g/mol. The summed E-state index contributed by atoms with van der Waals surface area (Å²) in [5, 5.41) is 0. The van der Waals surface area contributed by atoms with Crippen LogP contribution in [0.5, 0.6) is 5.75 Å². The van der Waals surface area contributed by atoms with Gasteiger partial charge in [0, 0.05) is 36.4 Å². The minimum atomic E-state index is -0.398. The second-order valence-electron chi connectivity index (χ2n) is 8.07. The van der Waals surface area contributed by atoms with E-state index in [0.29, 0.717) is 6.42 Å². The Hall–Kier alpha value is -3.21. The van der Waals surface area contributed by atoms with Crippen LogP contribution in [-0.2, 0) is 23.1 Å². The number of H-pyrrole nitrogens is 1. The van der Waals surface area contributed by atoms with E-state index in [1.165, 1.54) is 11.6 Å². The minimum Gasteiger partial charge on any atom is -0.493 e. The molecule has 0 unspecified atom stereocenters. The molecule has 2 aliphatic rings. The average Bonchev–Trinajstić information content (AvgIpc) is 3.39. The topological polar surface area (TPSA) is 72.0 Å². The Morgan fingerprint density at radius 3 is 2.79 bits per heavy atom. The number of pyridine rings is 2. The van der Waals surface area contributed by atoms with Crippen molar-refractivity contribution >= 4 is 5.78 Å². The number of ketones is 1. The van der Waals surface area contributed by atoms with Crippen LogP contribution >= 0.6 is 0 Å². The van der Waals surface area contributed by atoms with Crippen LogP contribution in [0.2, 0.25) is 0 Å². The molecule has 0 amide bonds. The van der Waals surface area contributed by atoms with Crippen LogP contribution in [-0.4, -0.2) is 22.4 Å². The van der Waals surface area contributed by atoms with Gasteiger partial charge in [-0.1, -0.05) is 12.1 Å². The first-order valence-corrected chi connectivity index (χ1v) is 10.00. The number of nitrogens with zero attached hydrogens (tertiary/aromatic N) is 1. The third-order valence-electron chi connectivity index (χ3n) is 5.98. The van der Waals surface area contributed by atoms with Crippen LogP contribution in [0.25, 0.3) is 11.3 Å². The molecule has 1 saturated carbocycles. The van der Waals surface area contributed by atoms with Gasteiger partial charge in [-0.25, -0.2) is 0 Å². The van der Waals surface area contributed by atoms with E-state index in [-0.39, 0.29) is 11.3 Å². The first-order valence-electron chi connectivity index (χ1n) is 10.00. The van der Waals surface area contributed by atoms with Gasteiger partial charge >= 0.3 is 0 Å². The second kappa shape index (κ2) is 6.69. The van der Waals surface area contributed by atoms with Gasteiger partial charge in [0.15, 0.2) is 0 Å². The van der Waals surface area contributed by atoms with Crippen molar-refractivity contribution < 1.29 is 9.53 Å². The highest BCUT2D eigenvalue weighted by Gasteiger charge is 2.50. The van der Waals surface area contributed by atoms with Gasteiger partial charge in [0.25, 0.3) is 0 Å². The summed E-state index contributed by atoms with van der Waals surface area (Å²) in [5.41, 5.74) is 5.15. The fraction of sp³-hybridized carbons (Fsp3) is 0.292. The quantitative estimate of drug-likeness (QED) is 0.728. The molecule has 1 aliphatic carbocycles. The Kier molecular flexibility index (Phi) is 4.12. The molecule has 0 spiro atoms.